The number of hydrogen-bond donors (Lipinski definition) is 0. The highest BCUT2D eigenvalue weighted by molar-refractivity contribution is 5.81. The molecule has 168 valence electrons. The first-order chi connectivity index (χ1) is 15.5. The third-order valence-electron chi connectivity index (χ3n) is 6.07. The van der Waals surface area contributed by atoms with Crippen LogP contribution in [0.1, 0.15) is 44.4 Å². The van der Waals surface area contributed by atoms with Crippen molar-refractivity contribution < 1.29 is 14.3 Å². The minimum Gasteiger partial charge on any atom is -0.497 e. The van der Waals surface area contributed by atoms with Gasteiger partial charge >= 0.3 is 0 Å². The quantitative estimate of drug-likeness (QED) is 0.446. The van der Waals surface area contributed by atoms with E-state index in [4.69, 9.17) is 14.6 Å². The van der Waals surface area contributed by atoms with E-state index >= 15 is 0 Å². The summed E-state index contributed by atoms with van der Waals surface area (Å²) in [6.45, 7) is 6.69. The van der Waals surface area contributed by atoms with Gasteiger partial charge < -0.3 is 14.4 Å². The number of carbonyl (C=O) groups excluding carboxylic acids is 1. The maximum absolute atomic E-state index is 13.1. The van der Waals surface area contributed by atoms with Crippen LogP contribution in [-0.4, -0.2) is 33.7 Å². The summed E-state index contributed by atoms with van der Waals surface area (Å²) in [6, 6.07) is 17.6. The van der Waals surface area contributed by atoms with E-state index in [1.54, 1.807) is 7.11 Å². The van der Waals surface area contributed by atoms with Crippen molar-refractivity contribution in [2.45, 2.75) is 52.6 Å². The van der Waals surface area contributed by atoms with Crippen LogP contribution in [0, 0.1) is 12.8 Å². The first-order valence-electron chi connectivity index (χ1n) is 11.3. The van der Waals surface area contributed by atoms with Crippen LogP contribution < -0.4 is 9.47 Å². The van der Waals surface area contributed by atoms with Crippen molar-refractivity contribution in [2.24, 2.45) is 5.92 Å². The fraction of sp³-hybridized carbons (Fsp3) is 0.385. The lowest BCUT2D eigenvalue weighted by Gasteiger charge is -2.29. The fourth-order valence-electron chi connectivity index (χ4n) is 3.73. The smallest absolute Gasteiger partial charge is 0.227 e. The number of amides is 1. The predicted octanol–water partition coefficient (Wildman–Crippen LogP) is 5.52. The van der Waals surface area contributed by atoms with Crippen molar-refractivity contribution >= 4 is 5.91 Å². The molecule has 1 aliphatic carbocycles. The molecule has 0 bridgehead atoms. The predicted molar refractivity (Wildman–Crippen MR) is 124 cm³/mol. The number of rotatable bonds is 9. The van der Waals surface area contributed by atoms with Crippen LogP contribution in [0.25, 0.3) is 5.69 Å². The van der Waals surface area contributed by atoms with Crippen LogP contribution in [0.5, 0.6) is 17.4 Å². The van der Waals surface area contributed by atoms with Crippen molar-refractivity contribution in [3.05, 3.63) is 65.9 Å². The van der Waals surface area contributed by atoms with Crippen molar-refractivity contribution in [2.75, 3.05) is 7.11 Å². The molecule has 1 heterocycles. The van der Waals surface area contributed by atoms with Crippen LogP contribution in [-0.2, 0) is 11.3 Å². The van der Waals surface area contributed by atoms with Gasteiger partial charge in [-0.05, 0) is 69.5 Å². The van der Waals surface area contributed by atoms with Crippen molar-refractivity contribution in [1.82, 2.24) is 14.7 Å². The number of ether oxygens (including phenoxy) is 2. The number of aromatic nitrogens is 2. The largest absolute Gasteiger partial charge is 0.497 e. The molecule has 4 rings (SSSR count). The Labute approximate surface area is 189 Å². The lowest BCUT2D eigenvalue weighted by molar-refractivity contribution is -0.135. The molecule has 1 atom stereocenters. The minimum absolute atomic E-state index is 0.149. The second-order valence-electron chi connectivity index (χ2n) is 8.39. The SMILES string of the molecule is CC[C@@H](C)N(Cc1c(C)nn(-c2ccccc2)c1Oc1ccc(OC)cc1)C(=O)C1CC1. The first-order valence-corrected chi connectivity index (χ1v) is 11.3. The van der Waals surface area contributed by atoms with E-state index in [0.717, 1.165) is 42.0 Å². The summed E-state index contributed by atoms with van der Waals surface area (Å²) in [7, 11) is 1.64. The molecule has 1 aromatic heterocycles. The molecule has 3 aromatic rings. The zero-order valence-corrected chi connectivity index (χ0v) is 19.2. The molecule has 0 radical (unpaired) electrons. The van der Waals surface area contributed by atoms with E-state index in [1.165, 1.54) is 0 Å². The van der Waals surface area contributed by atoms with Gasteiger partial charge in [-0.15, -0.1) is 0 Å². The van der Waals surface area contributed by atoms with E-state index in [-0.39, 0.29) is 17.9 Å². The van der Waals surface area contributed by atoms with E-state index in [9.17, 15) is 4.79 Å². The van der Waals surface area contributed by atoms with Gasteiger partial charge in [-0.2, -0.15) is 5.10 Å². The van der Waals surface area contributed by atoms with Crippen LogP contribution >= 0.6 is 0 Å². The Morgan fingerprint density at radius 1 is 1.12 bits per heavy atom. The Hall–Kier alpha value is -3.28. The molecule has 2 aromatic carbocycles. The van der Waals surface area contributed by atoms with E-state index in [1.807, 2.05) is 71.1 Å². The van der Waals surface area contributed by atoms with Crippen molar-refractivity contribution in [1.29, 1.82) is 0 Å². The third kappa shape index (κ3) is 4.64. The molecule has 0 N–H and O–H groups in total. The molecule has 6 heteroatoms. The van der Waals surface area contributed by atoms with Crippen molar-refractivity contribution in [3.8, 4) is 23.1 Å². The number of nitrogens with zero attached hydrogens (tertiary/aromatic N) is 3. The van der Waals surface area contributed by atoms with Gasteiger partial charge in [-0.25, -0.2) is 4.68 Å². The second-order valence-corrected chi connectivity index (χ2v) is 8.39. The molecule has 1 amide bonds. The molecule has 6 nitrogen and oxygen atoms in total. The normalized spacial score (nSPS) is 14.1. The Balaban J connectivity index is 1.74. The number of carbonyl (C=O) groups is 1. The molecule has 0 aliphatic heterocycles. The number of benzene rings is 2. The number of hydrogen-bond acceptors (Lipinski definition) is 4. The maximum Gasteiger partial charge on any atom is 0.227 e. The van der Waals surface area contributed by atoms with E-state index < -0.39 is 0 Å². The van der Waals surface area contributed by atoms with Crippen LogP contribution in [0.15, 0.2) is 54.6 Å². The lowest BCUT2D eigenvalue weighted by atomic mass is 10.1. The van der Waals surface area contributed by atoms with Gasteiger partial charge in [0.25, 0.3) is 0 Å². The van der Waals surface area contributed by atoms with E-state index in [0.29, 0.717) is 18.2 Å². The summed E-state index contributed by atoms with van der Waals surface area (Å²) in [5.41, 5.74) is 2.70. The Kier molecular flexibility index (Phi) is 6.49. The van der Waals surface area contributed by atoms with Crippen LogP contribution in [0.3, 0.4) is 0 Å². The highest BCUT2D eigenvalue weighted by atomic mass is 16.5. The molecular weight excluding hydrogens is 402 g/mol. The highest BCUT2D eigenvalue weighted by Crippen LogP contribution is 2.36. The summed E-state index contributed by atoms with van der Waals surface area (Å²) in [5, 5.41) is 4.80. The van der Waals surface area contributed by atoms with E-state index in [2.05, 4.69) is 13.8 Å². The monoisotopic (exact) mass is 433 g/mol. The molecule has 32 heavy (non-hydrogen) atoms. The number of methoxy groups -OCH3 is 1. The van der Waals surface area contributed by atoms with Gasteiger partial charge in [0, 0.05) is 12.0 Å². The fourth-order valence-corrected chi connectivity index (χ4v) is 3.73. The summed E-state index contributed by atoms with van der Waals surface area (Å²) in [6.07, 6.45) is 2.88. The van der Waals surface area contributed by atoms with Gasteiger partial charge in [0.1, 0.15) is 11.5 Å². The van der Waals surface area contributed by atoms with Gasteiger partial charge in [0.2, 0.25) is 11.8 Å². The topological polar surface area (TPSA) is 56.6 Å². The molecule has 0 saturated heterocycles. The average Bonchev–Trinajstić information content (AvgIpc) is 3.63. The maximum atomic E-state index is 13.1. The van der Waals surface area contributed by atoms with Gasteiger partial charge in [-0.1, -0.05) is 25.1 Å². The molecule has 1 aliphatic rings. The number of aryl methyl sites for hydroxylation is 1. The first kappa shape index (κ1) is 21.9. The van der Waals surface area contributed by atoms with Crippen LogP contribution in [0.2, 0.25) is 0 Å². The molecule has 0 unspecified atom stereocenters. The standard InChI is InChI=1S/C26H31N3O3/c1-5-18(2)28(25(30)20-11-12-20)17-24-19(3)27-29(21-9-7-6-8-10-21)26(24)32-23-15-13-22(31-4)14-16-23/h6-10,13-16,18,20H,5,11-12,17H2,1-4H3/t18-/m1/s1. The van der Waals surface area contributed by atoms with Gasteiger partial charge in [-0.3, -0.25) is 4.79 Å². The third-order valence-corrected chi connectivity index (χ3v) is 6.07. The molecule has 1 saturated carbocycles. The Bertz CT molecular complexity index is 1060. The van der Waals surface area contributed by atoms with Crippen molar-refractivity contribution in [3.63, 3.8) is 0 Å². The molecular formula is C26H31N3O3. The Morgan fingerprint density at radius 2 is 1.78 bits per heavy atom. The zero-order chi connectivity index (χ0) is 22.7. The second kappa shape index (κ2) is 9.47. The summed E-state index contributed by atoms with van der Waals surface area (Å²) >= 11 is 0. The molecule has 1 fully saturated rings. The molecule has 0 spiro atoms. The highest BCUT2D eigenvalue weighted by Gasteiger charge is 2.36. The zero-order valence-electron chi connectivity index (χ0n) is 19.2. The lowest BCUT2D eigenvalue weighted by Crippen LogP contribution is -2.38. The summed E-state index contributed by atoms with van der Waals surface area (Å²) in [5.74, 6) is 2.49. The number of para-hydroxylation sites is 1. The average molecular weight is 434 g/mol. The van der Waals surface area contributed by atoms with Gasteiger partial charge in [0.15, 0.2) is 0 Å². The van der Waals surface area contributed by atoms with Crippen LogP contribution in [0.4, 0.5) is 0 Å². The summed E-state index contributed by atoms with van der Waals surface area (Å²) in [4.78, 5) is 15.1. The Morgan fingerprint density at radius 3 is 2.38 bits per heavy atom. The minimum atomic E-state index is 0.149. The van der Waals surface area contributed by atoms with Gasteiger partial charge in [0.05, 0.1) is 30.6 Å². The summed E-state index contributed by atoms with van der Waals surface area (Å²) < 4.78 is 13.5.